The van der Waals surface area contributed by atoms with Crippen LogP contribution in [0.4, 0.5) is 18.9 Å². The van der Waals surface area contributed by atoms with Gasteiger partial charge in [0.1, 0.15) is 0 Å². The first-order valence-electron chi connectivity index (χ1n) is 9.86. The van der Waals surface area contributed by atoms with Crippen molar-refractivity contribution >= 4 is 41.0 Å². The molecule has 1 heterocycles. The number of carbonyl (C=O) groups is 4. The predicted octanol–water partition coefficient (Wildman–Crippen LogP) is 3.79. The van der Waals surface area contributed by atoms with E-state index in [0.717, 1.165) is 17.0 Å². The van der Waals surface area contributed by atoms with Gasteiger partial charge >= 0.3 is 12.1 Å². The van der Waals surface area contributed by atoms with Crippen LogP contribution in [0.25, 0.3) is 0 Å². The molecule has 1 aliphatic rings. The number of nitrogens with one attached hydrogen (secondary N) is 1. The van der Waals surface area contributed by atoms with Crippen molar-refractivity contribution in [2.24, 2.45) is 0 Å². The Labute approximate surface area is 196 Å². The average Bonchev–Trinajstić information content (AvgIpc) is 3.02. The molecule has 3 amide bonds. The molecule has 3 rings (SSSR count). The van der Waals surface area contributed by atoms with E-state index in [9.17, 15) is 32.3 Å². The number of fused-ring (bicyclic) bond motifs is 1. The lowest BCUT2D eigenvalue weighted by molar-refractivity contribution is -0.137. The number of rotatable bonds is 8. The molecular formula is C22H18ClF3N2O6. The zero-order valence-electron chi connectivity index (χ0n) is 17.7. The number of anilines is 1. The highest BCUT2D eigenvalue weighted by Crippen LogP contribution is 2.33. The molecule has 0 spiro atoms. The van der Waals surface area contributed by atoms with Crippen LogP contribution in [0.3, 0.4) is 0 Å². The Balaban J connectivity index is 1.63. The lowest BCUT2D eigenvalue weighted by Crippen LogP contribution is -2.31. The Hall–Kier alpha value is -3.44. The van der Waals surface area contributed by atoms with Crippen molar-refractivity contribution in [1.82, 2.24) is 4.90 Å². The molecule has 2 aromatic carbocycles. The van der Waals surface area contributed by atoms with Crippen molar-refractivity contribution in [3.05, 3.63) is 63.7 Å². The van der Waals surface area contributed by atoms with E-state index in [1.165, 1.54) is 25.3 Å². The van der Waals surface area contributed by atoms with Gasteiger partial charge in [-0.15, -0.1) is 0 Å². The van der Waals surface area contributed by atoms with Crippen LogP contribution < -0.4 is 5.32 Å². The number of hydrogen-bond acceptors (Lipinski definition) is 6. The molecule has 0 aromatic heterocycles. The Morgan fingerprint density at radius 1 is 1.06 bits per heavy atom. The van der Waals surface area contributed by atoms with Crippen LogP contribution in [-0.4, -0.2) is 55.5 Å². The number of hydrogen-bond donors (Lipinski definition) is 1. The molecule has 180 valence electrons. The second-order valence-electron chi connectivity index (χ2n) is 7.19. The minimum atomic E-state index is -4.64. The van der Waals surface area contributed by atoms with E-state index in [0.29, 0.717) is 19.1 Å². The molecule has 8 nitrogen and oxygen atoms in total. The molecule has 2 aromatic rings. The van der Waals surface area contributed by atoms with Crippen molar-refractivity contribution in [2.75, 3.05) is 32.2 Å². The first kappa shape index (κ1) is 25.2. The highest BCUT2D eigenvalue weighted by molar-refractivity contribution is 6.33. The summed E-state index contributed by atoms with van der Waals surface area (Å²) in [5, 5.41) is 2.02. The van der Waals surface area contributed by atoms with Gasteiger partial charge in [-0.3, -0.25) is 19.3 Å². The second-order valence-corrected chi connectivity index (χ2v) is 7.59. The maximum atomic E-state index is 12.8. The number of amides is 3. The van der Waals surface area contributed by atoms with Gasteiger partial charge < -0.3 is 14.8 Å². The molecule has 0 unspecified atom stereocenters. The van der Waals surface area contributed by atoms with Gasteiger partial charge in [0.15, 0.2) is 6.61 Å². The topological polar surface area (TPSA) is 102 Å². The van der Waals surface area contributed by atoms with Crippen LogP contribution in [0.2, 0.25) is 5.02 Å². The summed E-state index contributed by atoms with van der Waals surface area (Å²) in [7, 11) is 1.49. The van der Waals surface area contributed by atoms with Crippen LogP contribution in [0.15, 0.2) is 36.4 Å². The minimum Gasteiger partial charge on any atom is -0.452 e. The zero-order valence-corrected chi connectivity index (χ0v) is 18.5. The SMILES string of the molecule is COCCCN1C(=O)c2ccc(C(=O)OCC(=O)Nc3cc(C(F)(F)F)ccc3Cl)cc2C1=O. The van der Waals surface area contributed by atoms with Crippen LogP contribution >= 0.6 is 11.6 Å². The Kier molecular flexibility index (Phi) is 7.57. The summed E-state index contributed by atoms with van der Waals surface area (Å²) in [6.07, 6.45) is -4.19. The fraction of sp³-hybridized carbons (Fsp3) is 0.273. The van der Waals surface area contributed by atoms with E-state index in [-0.39, 0.29) is 33.9 Å². The van der Waals surface area contributed by atoms with Gasteiger partial charge in [0, 0.05) is 20.3 Å². The molecule has 0 saturated heterocycles. The van der Waals surface area contributed by atoms with E-state index in [2.05, 4.69) is 5.32 Å². The Morgan fingerprint density at radius 2 is 1.76 bits per heavy atom. The van der Waals surface area contributed by atoms with E-state index in [4.69, 9.17) is 21.1 Å². The van der Waals surface area contributed by atoms with E-state index < -0.39 is 42.0 Å². The summed E-state index contributed by atoms with van der Waals surface area (Å²) in [4.78, 5) is 50.4. The van der Waals surface area contributed by atoms with Gasteiger partial charge in [-0.05, 0) is 42.8 Å². The third-order valence-electron chi connectivity index (χ3n) is 4.84. The average molecular weight is 499 g/mol. The monoisotopic (exact) mass is 498 g/mol. The number of ether oxygens (including phenoxy) is 2. The standard InChI is InChI=1S/C22H18ClF3N2O6/c1-33-8-2-7-28-19(30)14-5-3-12(9-15(14)20(28)31)21(32)34-11-18(29)27-17-10-13(22(24,25)26)4-6-16(17)23/h3-6,9-10H,2,7-8,11H2,1H3,(H,27,29). The number of halogens is 4. The summed E-state index contributed by atoms with van der Waals surface area (Å²) in [5.74, 6) is -2.95. The second kappa shape index (κ2) is 10.2. The largest absolute Gasteiger partial charge is 0.452 e. The number of alkyl halides is 3. The quantitative estimate of drug-likeness (QED) is 0.337. The van der Waals surface area contributed by atoms with E-state index >= 15 is 0 Å². The van der Waals surface area contributed by atoms with E-state index in [1.54, 1.807) is 0 Å². The third kappa shape index (κ3) is 5.54. The van der Waals surface area contributed by atoms with Crippen molar-refractivity contribution in [3.8, 4) is 0 Å². The number of methoxy groups -OCH3 is 1. The summed E-state index contributed by atoms with van der Waals surface area (Å²) in [5.41, 5.74) is -1.23. The smallest absolute Gasteiger partial charge is 0.416 e. The van der Waals surface area contributed by atoms with Crippen LogP contribution in [0.5, 0.6) is 0 Å². The molecule has 0 atom stereocenters. The molecule has 1 N–H and O–H groups in total. The lowest BCUT2D eigenvalue weighted by atomic mass is 10.1. The lowest BCUT2D eigenvalue weighted by Gasteiger charge is -2.12. The zero-order chi connectivity index (χ0) is 25.0. The van der Waals surface area contributed by atoms with Gasteiger partial charge in [-0.1, -0.05) is 11.6 Å². The van der Waals surface area contributed by atoms with Crippen molar-refractivity contribution in [2.45, 2.75) is 12.6 Å². The van der Waals surface area contributed by atoms with Gasteiger partial charge in [-0.25, -0.2) is 4.79 Å². The summed E-state index contributed by atoms with van der Waals surface area (Å²) >= 11 is 5.82. The molecule has 0 aliphatic carbocycles. The molecule has 0 fully saturated rings. The van der Waals surface area contributed by atoms with Gasteiger partial charge in [-0.2, -0.15) is 13.2 Å². The fourth-order valence-electron chi connectivity index (χ4n) is 3.19. The molecule has 0 radical (unpaired) electrons. The predicted molar refractivity (Wildman–Crippen MR) is 114 cm³/mol. The first-order chi connectivity index (χ1) is 16.0. The molecule has 0 saturated carbocycles. The van der Waals surface area contributed by atoms with Crippen LogP contribution in [0, 0.1) is 0 Å². The van der Waals surface area contributed by atoms with Crippen molar-refractivity contribution in [3.63, 3.8) is 0 Å². The number of nitrogens with zero attached hydrogens (tertiary/aromatic N) is 1. The van der Waals surface area contributed by atoms with Crippen LogP contribution in [0.1, 0.15) is 43.1 Å². The minimum absolute atomic E-state index is 0.0251. The van der Waals surface area contributed by atoms with E-state index in [1.807, 2.05) is 0 Å². The van der Waals surface area contributed by atoms with Crippen molar-refractivity contribution < 1.29 is 41.8 Å². The number of benzene rings is 2. The van der Waals surface area contributed by atoms with Crippen LogP contribution in [-0.2, 0) is 20.4 Å². The number of esters is 1. The molecule has 34 heavy (non-hydrogen) atoms. The fourth-order valence-corrected chi connectivity index (χ4v) is 3.35. The molecule has 1 aliphatic heterocycles. The molecule has 12 heteroatoms. The molecular weight excluding hydrogens is 481 g/mol. The maximum Gasteiger partial charge on any atom is 0.416 e. The van der Waals surface area contributed by atoms with Gasteiger partial charge in [0.05, 0.1) is 33.0 Å². The highest BCUT2D eigenvalue weighted by Gasteiger charge is 2.36. The van der Waals surface area contributed by atoms with Crippen molar-refractivity contribution in [1.29, 1.82) is 0 Å². The Morgan fingerprint density at radius 3 is 2.44 bits per heavy atom. The first-order valence-corrected chi connectivity index (χ1v) is 10.2. The number of imide groups is 1. The summed E-state index contributed by atoms with van der Waals surface area (Å²) in [6.45, 7) is -0.310. The van der Waals surface area contributed by atoms with Gasteiger partial charge in [0.2, 0.25) is 0 Å². The normalized spacial score (nSPS) is 13.1. The molecule has 0 bridgehead atoms. The third-order valence-corrected chi connectivity index (χ3v) is 5.17. The highest BCUT2D eigenvalue weighted by atomic mass is 35.5. The maximum absolute atomic E-state index is 12.8. The van der Waals surface area contributed by atoms with Gasteiger partial charge in [0.25, 0.3) is 17.7 Å². The number of carbonyl (C=O) groups excluding carboxylic acids is 4. The summed E-state index contributed by atoms with van der Waals surface area (Å²) < 4.78 is 48.3. The Bertz CT molecular complexity index is 1150. The summed E-state index contributed by atoms with van der Waals surface area (Å²) in [6, 6.07) is 6.17.